The van der Waals surface area contributed by atoms with E-state index < -0.39 is 5.97 Å². The maximum Gasteiger partial charge on any atom is 0.338 e. The molecule has 0 fully saturated rings. The highest BCUT2D eigenvalue weighted by Gasteiger charge is 2.12. The molecule has 0 aliphatic carbocycles. The van der Waals surface area contributed by atoms with E-state index in [0.29, 0.717) is 5.69 Å². The number of hydrogen-bond acceptors (Lipinski definition) is 3. The normalized spacial score (nSPS) is 10.2. The average molecular weight is 315 g/mol. The molecular weight excluding hydrogens is 309 g/mol. The third-order valence-corrected chi connectivity index (χ3v) is 2.49. The Morgan fingerprint density at radius 2 is 2.00 bits per heavy atom. The van der Waals surface area contributed by atoms with Crippen molar-refractivity contribution in [2.24, 2.45) is 0 Å². The molecule has 1 aromatic carbocycles. The molecule has 76 valence electrons. The Labute approximate surface area is 98.9 Å². The van der Waals surface area contributed by atoms with Gasteiger partial charge in [-0.15, -0.1) is 0 Å². The number of nitrogens with zero attached hydrogens (tertiary/aromatic N) is 3. The summed E-state index contributed by atoms with van der Waals surface area (Å²) in [6.45, 7) is 0. The largest absolute Gasteiger partial charge is 0.478 e. The quantitative estimate of drug-likeness (QED) is 0.854. The van der Waals surface area contributed by atoms with Crippen LogP contribution in [0.2, 0.25) is 0 Å². The third kappa shape index (κ3) is 1.99. The van der Waals surface area contributed by atoms with Crippen molar-refractivity contribution >= 4 is 28.6 Å². The van der Waals surface area contributed by atoms with Gasteiger partial charge in [0.2, 0.25) is 0 Å². The van der Waals surface area contributed by atoms with Crippen molar-refractivity contribution in [1.29, 1.82) is 0 Å². The van der Waals surface area contributed by atoms with Crippen LogP contribution < -0.4 is 0 Å². The molecule has 0 saturated carbocycles. The number of halogens is 1. The topological polar surface area (TPSA) is 68.0 Å². The molecule has 0 amide bonds. The van der Waals surface area contributed by atoms with E-state index in [1.165, 1.54) is 17.2 Å². The second-order valence-corrected chi connectivity index (χ2v) is 4.03. The van der Waals surface area contributed by atoms with Gasteiger partial charge in [0.1, 0.15) is 5.69 Å². The van der Waals surface area contributed by atoms with Crippen LogP contribution in [-0.2, 0) is 0 Å². The highest BCUT2D eigenvalue weighted by atomic mass is 127. The summed E-state index contributed by atoms with van der Waals surface area (Å²) < 4.78 is 0.862. The molecule has 0 aliphatic rings. The van der Waals surface area contributed by atoms with Crippen molar-refractivity contribution in [3.8, 4) is 5.69 Å². The molecule has 0 bridgehead atoms. The second kappa shape index (κ2) is 3.97. The van der Waals surface area contributed by atoms with Crippen molar-refractivity contribution in [3.63, 3.8) is 0 Å². The molecule has 1 N–H and O–H groups in total. The lowest BCUT2D eigenvalue weighted by molar-refractivity contribution is 0.0696. The minimum absolute atomic E-state index is 0.193. The minimum Gasteiger partial charge on any atom is -0.478 e. The number of benzene rings is 1. The standard InChI is InChI=1S/C9H6IN3O2/c10-6-1-2-8(7(5-6)9(14)15)13-11-3-4-12-13/h1-5H,(H,14,15). The van der Waals surface area contributed by atoms with Crippen LogP contribution in [0.3, 0.4) is 0 Å². The van der Waals surface area contributed by atoms with E-state index in [1.54, 1.807) is 12.1 Å². The average Bonchev–Trinajstić information content (AvgIpc) is 2.70. The Morgan fingerprint density at radius 3 is 2.60 bits per heavy atom. The number of carboxylic acid groups (broad SMARTS) is 1. The number of rotatable bonds is 2. The van der Waals surface area contributed by atoms with E-state index in [2.05, 4.69) is 32.8 Å². The van der Waals surface area contributed by atoms with Gasteiger partial charge in [0.25, 0.3) is 0 Å². The smallest absolute Gasteiger partial charge is 0.338 e. The third-order valence-electron chi connectivity index (χ3n) is 1.82. The molecule has 2 rings (SSSR count). The SMILES string of the molecule is O=C(O)c1cc(I)ccc1-n1nccn1. The van der Waals surface area contributed by atoms with Gasteiger partial charge in [0, 0.05) is 3.57 Å². The lowest BCUT2D eigenvalue weighted by Crippen LogP contribution is -2.08. The van der Waals surface area contributed by atoms with Crippen molar-refractivity contribution in [2.45, 2.75) is 0 Å². The zero-order chi connectivity index (χ0) is 10.8. The fourth-order valence-electron chi connectivity index (χ4n) is 1.19. The second-order valence-electron chi connectivity index (χ2n) is 2.79. The summed E-state index contributed by atoms with van der Waals surface area (Å²) >= 11 is 2.06. The van der Waals surface area contributed by atoms with Gasteiger partial charge in [-0.1, -0.05) is 0 Å². The molecule has 0 atom stereocenters. The summed E-state index contributed by atoms with van der Waals surface area (Å²) in [4.78, 5) is 12.3. The van der Waals surface area contributed by atoms with Crippen LogP contribution >= 0.6 is 22.6 Å². The van der Waals surface area contributed by atoms with Gasteiger partial charge in [0.15, 0.2) is 0 Å². The van der Waals surface area contributed by atoms with Crippen LogP contribution in [0.4, 0.5) is 0 Å². The van der Waals surface area contributed by atoms with Crippen LogP contribution in [0.25, 0.3) is 5.69 Å². The van der Waals surface area contributed by atoms with Gasteiger partial charge < -0.3 is 5.11 Å². The van der Waals surface area contributed by atoms with Crippen LogP contribution in [-0.4, -0.2) is 26.1 Å². The van der Waals surface area contributed by atoms with Gasteiger partial charge in [-0.2, -0.15) is 15.0 Å². The Morgan fingerprint density at radius 1 is 1.33 bits per heavy atom. The van der Waals surface area contributed by atoms with E-state index in [9.17, 15) is 4.79 Å². The van der Waals surface area contributed by atoms with E-state index in [1.807, 2.05) is 6.07 Å². The van der Waals surface area contributed by atoms with Crippen molar-refractivity contribution < 1.29 is 9.90 Å². The molecular formula is C9H6IN3O2. The summed E-state index contributed by atoms with van der Waals surface area (Å²) in [5.74, 6) is -0.985. The summed E-state index contributed by atoms with van der Waals surface area (Å²) in [6.07, 6.45) is 3.01. The van der Waals surface area contributed by atoms with E-state index >= 15 is 0 Å². The first-order valence-corrected chi connectivity index (χ1v) is 5.16. The minimum atomic E-state index is -0.985. The summed E-state index contributed by atoms with van der Waals surface area (Å²) in [5.41, 5.74) is 0.658. The molecule has 15 heavy (non-hydrogen) atoms. The maximum atomic E-state index is 11.0. The first-order chi connectivity index (χ1) is 7.18. The molecule has 2 aromatic rings. The van der Waals surface area contributed by atoms with Crippen LogP contribution in [0.15, 0.2) is 30.6 Å². The Hall–Kier alpha value is -1.44. The van der Waals surface area contributed by atoms with E-state index in [-0.39, 0.29) is 5.56 Å². The van der Waals surface area contributed by atoms with Gasteiger partial charge in [-0.05, 0) is 40.8 Å². The van der Waals surface area contributed by atoms with Crippen LogP contribution in [0.5, 0.6) is 0 Å². The van der Waals surface area contributed by atoms with Gasteiger partial charge >= 0.3 is 5.97 Å². The molecule has 0 radical (unpaired) electrons. The van der Waals surface area contributed by atoms with Crippen LogP contribution in [0, 0.1) is 3.57 Å². The monoisotopic (exact) mass is 315 g/mol. The molecule has 0 aliphatic heterocycles. The number of aromatic nitrogens is 3. The van der Waals surface area contributed by atoms with Gasteiger partial charge in [-0.25, -0.2) is 4.79 Å². The predicted octanol–water partition coefficient (Wildman–Crippen LogP) is 1.57. The van der Waals surface area contributed by atoms with Gasteiger partial charge in [0.05, 0.1) is 18.0 Å². The summed E-state index contributed by atoms with van der Waals surface area (Å²) in [5, 5.41) is 16.8. The first kappa shape index (κ1) is 10.1. The van der Waals surface area contributed by atoms with Crippen molar-refractivity contribution in [2.75, 3.05) is 0 Å². The lowest BCUT2D eigenvalue weighted by atomic mass is 10.2. The zero-order valence-corrected chi connectivity index (χ0v) is 9.62. The summed E-state index contributed by atoms with van der Waals surface area (Å²) in [6, 6.07) is 5.08. The number of carboxylic acids is 1. The molecule has 6 heteroatoms. The molecule has 0 unspecified atom stereocenters. The van der Waals surface area contributed by atoms with E-state index in [4.69, 9.17) is 5.11 Å². The molecule has 5 nitrogen and oxygen atoms in total. The number of carbonyl (C=O) groups is 1. The highest BCUT2D eigenvalue weighted by Crippen LogP contribution is 2.16. The van der Waals surface area contributed by atoms with E-state index in [0.717, 1.165) is 3.57 Å². The van der Waals surface area contributed by atoms with Gasteiger partial charge in [-0.3, -0.25) is 0 Å². The fraction of sp³-hybridized carbons (Fsp3) is 0. The lowest BCUT2D eigenvalue weighted by Gasteiger charge is -2.04. The Balaban J connectivity index is 2.61. The number of hydrogen-bond donors (Lipinski definition) is 1. The van der Waals surface area contributed by atoms with Crippen molar-refractivity contribution in [1.82, 2.24) is 15.0 Å². The first-order valence-electron chi connectivity index (χ1n) is 4.08. The predicted molar refractivity (Wildman–Crippen MR) is 61.0 cm³/mol. The van der Waals surface area contributed by atoms with Crippen molar-refractivity contribution in [3.05, 3.63) is 39.7 Å². The number of aromatic carboxylic acids is 1. The van der Waals surface area contributed by atoms with Crippen LogP contribution in [0.1, 0.15) is 10.4 Å². The maximum absolute atomic E-state index is 11.0. The molecule has 1 heterocycles. The zero-order valence-electron chi connectivity index (χ0n) is 7.46. The molecule has 0 spiro atoms. The Bertz CT molecular complexity index is 496. The highest BCUT2D eigenvalue weighted by molar-refractivity contribution is 14.1. The molecule has 1 aromatic heterocycles. The molecule has 0 saturated heterocycles. The summed E-state index contributed by atoms with van der Waals surface area (Å²) in [7, 11) is 0. The Kier molecular flexibility index (Phi) is 2.67. The fourth-order valence-corrected chi connectivity index (χ4v) is 1.69.